The monoisotopic (exact) mass is 142 g/mol. The van der Waals surface area contributed by atoms with E-state index >= 15 is 0 Å². The van der Waals surface area contributed by atoms with Gasteiger partial charge in [0.25, 0.3) is 0 Å². The fourth-order valence-electron chi connectivity index (χ4n) is 0.960. The third-order valence-corrected chi connectivity index (χ3v) is 1.38. The summed E-state index contributed by atoms with van der Waals surface area (Å²) in [6.45, 7) is 2.28. The molecule has 0 radical (unpaired) electrons. The lowest BCUT2D eigenvalue weighted by atomic mass is 10.1. The summed E-state index contributed by atoms with van der Waals surface area (Å²) in [7, 11) is 0. The van der Waals surface area contributed by atoms with Crippen LogP contribution in [0.4, 0.5) is 4.39 Å². The molecule has 0 fully saturated rings. The van der Waals surface area contributed by atoms with Crippen LogP contribution in [0, 0.1) is 0 Å². The lowest BCUT2D eigenvalue weighted by Crippen LogP contribution is -2.26. The Labute approximate surface area is 59.6 Å². The normalized spacial score (nSPS) is 24.9. The molecule has 0 aromatic rings. The van der Waals surface area contributed by atoms with Gasteiger partial charge in [-0.3, -0.25) is 0 Å². The first-order valence-electron chi connectivity index (χ1n) is 3.27. The average Bonchev–Trinajstić information content (AvgIpc) is 1.85. The van der Waals surface area contributed by atoms with E-state index in [0.29, 0.717) is 6.54 Å². The lowest BCUT2D eigenvalue weighted by molar-refractivity contribution is 0.512. The summed E-state index contributed by atoms with van der Waals surface area (Å²) in [5.74, 6) is -0.296. The first-order valence-corrected chi connectivity index (χ1v) is 3.27. The van der Waals surface area contributed by atoms with E-state index in [2.05, 4.69) is 5.32 Å². The fourth-order valence-corrected chi connectivity index (χ4v) is 0.960. The second-order valence-electron chi connectivity index (χ2n) is 2.37. The molecule has 0 amide bonds. The van der Waals surface area contributed by atoms with Gasteiger partial charge in [0.15, 0.2) is 5.95 Å². The Hall–Kier alpha value is -0.830. The summed E-state index contributed by atoms with van der Waals surface area (Å²) < 4.78 is 12.5. The molecule has 0 aliphatic carbocycles. The molecule has 3 N–H and O–H groups in total. The van der Waals surface area contributed by atoms with Gasteiger partial charge in [0.05, 0.1) is 0 Å². The predicted molar refractivity (Wildman–Crippen MR) is 38.9 cm³/mol. The molecule has 56 valence electrons. The molecule has 1 rings (SSSR count). The van der Waals surface area contributed by atoms with E-state index < -0.39 is 0 Å². The zero-order valence-electron chi connectivity index (χ0n) is 5.89. The van der Waals surface area contributed by atoms with Crippen LogP contribution >= 0.6 is 0 Å². The van der Waals surface area contributed by atoms with Crippen LogP contribution in [0.5, 0.6) is 0 Å². The van der Waals surface area contributed by atoms with Crippen molar-refractivity contribution in [3.05, 3.63) is 23.7 Å². The van der Waals surface area contributed by atoms with Gasteiger partial charge in [-0.1, -0.05) is 6.08 Å². The van der Waals surface area contributed by atoms with Crippen LogP contribution in [-0.4, -0.2) is 12.6 Å². The molecule has 0 spiro atoms. The maximum Gasteiger partial charge on any atom is 0.187 e. The summed E-state index contributed by atoms with van der Waals surface area (Å²) in [6.07, 6.45) is 3.32. The predicted octanol–water partition coefficient (Wildman–Crippen LogP) is 0.674. The van der Waals surface area contributed by atoms with Gasteiger partial charge in [0, 0.05) is 12.6 Å². The van der Waals surface area contributed by atoms with E-state index in [9.17, 15) is 4.39 Å². The van der Waals surface area contributed by atoms with Crippen molar-refractivity contribution in [2.24, 2.45) is 5.73 Å². The molecule has 1 atom stereocenters. The van der Waals surface area contributed by atoms with E-state index in [1.807, 2.05) is 13.0 Å². The maximum absolute atomic E-state index is 12.5. The fraction of sp³-hybridized carbons (Fsp3) is 0.429. The summed E-state index contributed by atoms with van der Waals surface area (Å²) in [5.41, 5.74) is 6.17. The molecule has 1 unspecified atom stereocenters. The summed E-state index contributed by atoms with van der Waals surface area (Å²) in [6, 6.07) is 0.0588. The van der Waals surface area contributed by atoms with Crippen molar-refractivity contribution in [2.45, 2.75) is 13.0 Å². The van der Waals surface area contributed by atoms with Gasteiger partial charge in [0.2, 0.25) is 0 Å². The summed E-state index contributed by atoms with van der Waals surface area (Å²) in [5, 5.41) is 2.61. The van der Waals surface area contributed by atoms with E-state index in [4.69, 9.17) is 5.73 Å². The maximum atomic E-state index is 12.5. The number of dihydropyridines is 1. The van der Waals surface area contributed by atoms with Crippen LogP contribution in [0.1, 0.15) is 6.92 Å². The minimum absolute atomic E-state index is 0.0588. The van der Waals surface area contributed by atoms with Gasteiger partial charge in [-0.05, 0) is 18.6 Å². The lowest BCUT2D eigenvalue weighted by Gasteiger charge is -2.15. The Bertz CT molecular complexity index is 184. The smallest absolute Gasteiger partial charge is 0.187 e. The van der Waals surface area contributed by atoms with Crippen molar-refractivity contribution in [1.82, 2.24) is 5.32 Å². The standard InChI is InChI=1S/C7H11FN2/c1-5-2-6(4-9)3-7(8)10-5/h2-3,5,10H,4,9H2,1H3. The quantitative estimate of drug-likeness (QED) is 0.528. The van der Waals surface area contributed by atoms with Crippen LogP contribution < -0.4 is 11.1 Å². The van der Waals surface area contributed by atoms with Gasteiger partial charge in [-0.15, -0.1) is 0 Å². The molecule has 3 heteroatoms. The molecule has 0 saturated heterocycles. The second kappa shape index (κ2) is 2.84. The molecular weight excluding hydrogens is 131 g/mol. The highest BCUT2D eigenvalue weighted by atomic mass is 19.1. The number of nitrogens with one attached hydrogen (secondary N) is 1. The van der Waals surface area contributed by atoms with Crippen molar-refractivity contribution in [1.29, 1.82) is 0 Å². The molecule has 1 heterocycles. The topological polar surface area (TPSA) is 38.0 Å². The van der Waals surface area contributed by atoms with Crippen LogP contribution in [0.15, 0.2) is 23.7 Å². The molecule has 1 aliphatic rings. The number of rotatable bonds is 1. The number of hydrogen-bond acceptors (Lipinski definition) is 2. The zero-order chi connectivity index (χ0) is 7.56. The number of nitrogens with two attached hydrogens (primary N) is 1. The molecule has 0 aromatic heterocycles. The first kappa shape index (κ1) is 7.28. The Kier molecular flexibility index (Phi) is 2.06. The van der Waals surface area contributed by atoms with Gasteiger partial charge in [0.1, 0.15) is 0 Å². The number of hydrogen-bond donors (Lipinski definition) is 2. The summed E-state index contributed by atoms with van der Waals surface area (Å²) in [4.78, 5) is 0. The molecular formula is C7H11FN2. The van der Waals surface area contributed by atoms with Crippen LogP contribution in [-0.2, 0) is 0 Å². The molecule has 10 heavy (non-hydrogen) atoms. The van der Waals surface area contributed by atoms with Crippen molar-refractivity contribution >= 4 is 0 Å². The largest absolute Gasteiger partial charge is 0.356 e. The van der Waals surface area contributed by atoms with E-state index in [1.165, 1.54) is 6.08 Å². The van der Waals surface area contributed by atoms with Crippen LogP contribution in [0.25, 0.3) is 0 Å². The molecule has 0 saturated carbocycles. The van der Waals surface area contributed by atoms with E-state index in [1.54, 1.807) is 0 Å². The first-order chi connectivity index (χ1) is 4.72. The third-order valence-electron chi connectivity index (χ3n) is 1.38. The minimum atomic E-state index is -0.296. The van der Waals surface area contributed by atoms with Crippen molar-refractivity contribution in [3.8, 4) is 0 Å². The molecule has 1 aliphatic heterocycles. The van der Waals surface area contributed by atoms with Gasteiger partial charge in [-0.2, -0.15) is 4.39 Å². The number of halogens is 1. The van der Waals surface area contributed by atoms with Crippen molar-refractivity contribution in [3.63, 3.8) is 0 Å². The SMILES string of the molecule is CC1C=C(CN)C=C(F)N1. The summed E-state index contributed by atoms with van der Waals surface area (Å²) >= 11 is 0. The Morgan fingerprint density at radius 1 is 1.80 bits per heavy atom. The van der Waals surface area contributed by atoms with Crippen molar-refractivity contribution < 1.29 is 4.39 Å². The van der Waals surface area contributed by atoms with Gasteiger partial charge >= 0.3 is 0 Å². The third kappa shape index (κ3) is 1.57. The highest BCUT2D eigenvalue weighted by molar-refractivity contribution is 5.27. The Morgan fingerprint density at radius 2 is 2.50 bits per heavy atom. The highest BCUT2D eigenvalue weighted by Gasteiger charge is 2.07. The van der Waals surface area contributed by atoms with Gasteiger partial charge in [-0.25, -0.2) is 0 Å². The second-order valence-corrected chi connectivity index (χ2v) is 2.37. The van der Waals surface area contributed by atoms with Crippen molar-refractivity contribution in [2.75, 3.05) is 6.54 Å². The van der Waals surface area contributed by atoms with E-state index in [0.717, 1.165) is 5.57 Å². The van der Waals surface area contributed by atoms with Gasteiger partial charge < -0.3 is 11.1 Å². The van der Waals surface area contributed by atoms with Crippen LogP contribution in [0.3, 0.4) is 0 Å². The Balaban J connectivity index is 2.72. The van der Waals surface area contributed by atoms with E-state index in [-0.39, 0.29) is 12.0 Å². The molecule has 2 nitrogen and oxygen atoms in total. The highest BCUT2D eigenvalue weighted by Crippen LogP contribution is 2.08. The van der Waals surface area contributed by atoms with Crippen LogP contribution in [0.2, 0.25) is 0 Å². The zero-order valence-corrected chi connectivity index (χ0v) is 5.89. The average molecular weight is 142 g/mol. The minimum Gasteiger partial charge on any atom is -0.356 e. The Morgan fingerprint density at radius 3 is 3.00 bits per heavy atom. The molecule has 0 aromatic carbocycles. The molecule has 0 bridgehead atoms.